The zero-order chi connectivity index (χ0) is 77.0. The van der Waals surface area contributed by atoms with Crippen LogP contribution in [0.3, 0.4) is 0 Å². The van der Waals surface area contributed by atoms with Gasteiger partial charge in [0.2, 0.25) is 22.4 Å². The summed E-state index contributed by atoms with van der Waals surface area (Å²) in [5.74, 6) is -9.49. The van der Waals surface area contributed by atoms with E-state index in [0.717, 1.165) is 37.5 Å². The molecule has 0 radical (unpaired) electrons. The van der Waals surface area contributed by atoms with Crippen LogP contribution in [0.25, 0.3) is 44.6 Å². The van der Waals surface area contributed by atoms with Crippen molar-refractivity contribution in [1.29, 1.82) is 0 Å². The maximum absolute atomic E-state index is 14.6. The van der Waals surface area contributed by atoms with Crippen molar-refractivity contribution in [3.05, 3.63) is 92.8 Å². The molecule has 8 atom stereocenters. The Hall–Kier alpha value is -0.630. The van der Waals surface area contributed by atoms with Gasteiger partial charge in [0.15, 0.2) is 34.5 Å². The summed E-state index contributed by atoms with van der Waals surface area (Å²) < 4.78 is 315. The molecule has 0 bridgehead atoms. The number of benzene rings is 4. The summed E-state index contributed by atoms with van der Waals surface area (Å²) in [6.07, 6.45) is 13.4. The van der Waals surface area contributed by atoms with E-state index in [2.05, 4.69) is 70.0 Å². The molecule has 3 fully saturated rings. The van der Waals surface area contributed by atoms with Gasteiger partial charge in [-0.3, -0.25) is 9.59 Å². The molecule has 3 saturated carbocycles. The Morgan fingerprint density at radius 3 is 1.35 bits per heavy atom. The average Bonchev–Trinajstić information content (AvgIpc) is 1.43. The predicted molar refractivity (Wildman–Crippen MR) is 352 cm³/mol. The second-order valence-corrected chi connectivity index (χ2v) is 33.3. The van der Waals surface area contributed by atoms with Crippen LogP contribution in [0.5, 0.6) is 57.5 Å². The fourth-order valence-electron chi connectivity index (χ4n) is 15.3. The van der Waals surface area contributed by atoms with Gasteiger partial charge in [0.1, 0.15) is 51.5 Å². The van der Waals surface area contributed by atoms with Gasteiger partial charge in [-0.15, -0.1) is 0 Å². The van der Waals surface area contributed by atoms with E-state index in [-0.39, 0.29) is 238 Å². The second-order valence-electron chi connectivity index (χ2n) is 26.5. The predicted octanol–water partition coefficient (Wildman–Crippen LogP) is -14.2. The summed E-state index contributed by atoms with van der Waals surface area (Å²) in [5, 5.41) is -1.90. The summed E-state index contributed by atoms with van der Waals surface area (Å²) in [7, 11) is -40.8. The van der Waals surface area contributed by atoms with Crippen LogP contribution in [0, 0.1) is 46.3 Å². The standard InChI is InChI=1S/C62H72O36S7.7Na/c1-33(2)8-6-9-34(3)42-14-15-43-41-13-12-37-28-38(18-20-61(37,4)44(41)19-21-62(42,43)5)86-24-25-89-47-26-35(10-16-45(47)94-101(71,72)73)57-59(97-104(80,81)82)55(63)53-49(29-39(31-51(53)90-57)92-99(65,66)67)87-22-7-23-88-50-30-40(93-100(68,69)70)32-52-54(50)56(64)60(98-105(83,84)85)58(91-52)36-11-17-46(95-102(74,75)76)48(27-36)96-103(77,78)79;;;;;;;/h10-12,16-17,26-27,29-34,38,41-44H,6-9,13-15,18-25,28H2,1-5H3,(H,65,66,67)(H,68,69,70)(H,71,72,73)(H,74,75,76)(H,77,78,79)(H,80,81,82)(H,83,84,85);;;;;;;/q;7*+1/p-7/t34-,38+,41+,42-,43+,44+,61+,62-;;;;;;;/m1......./s1. The van der Waals surface area contributed by atoms with Crippen molar-refractivity contribution >= 4 is 94.7 Å². The van der Waals surface area contributed by atoms with Crippen molar-refractivity contribution in [3.63, 3.8) is 0 Å². The fourth-order valence-corrected chi connectivity index (χ4v) is 17.7. The molecule has 4 aliphatic rings. The molecular formula is C62H65Na7O36S7. The molecule has 0 saturated heterocycles. The summed E-state index contributed by atoms with van der Waals surface area (Å²) in [6.45, 7) is 9.80. The molecule has 0 N–H and O–H groups in total. The number of ether oxygens (including phenoxy) is 4. The van der Waals surface area contributed by atoms with Crippen molar-refractivity contribution in [2.24, 2.45) is 46.3 Å². The van der Waals surface area contributed by atoms with Gasteiger partial charge in [0.25, 0.3) is 72.8 Å². The Kier molecular flexibility index (Phi) is 39.5. The topological polar surface area (TPSA) is 562 Å². The van der Waals surface area contributed by atoms with Crippen LogP contribution in [0.4, 0.5) is 0 Å². The van der Waals surface area contributed by atoms with Crippen molar-refractivity contribution < 1.29 is 355 Å². The quantitative estimate of drug-likeness (QED) is 0.0124. The van der Waals surface area contributed by atoms with Crippen LogP contribution in [0.1, 0.15) is 112 Å². The van der Waals surface area contributed by atoms with E-state index in [0.29, 0.717) is 90.2 Å². The SMILES string of the molecule is CC(C)CCC[C@@H](C)[C@H]1CC[C@H]2[C@@H]3CC=C4C[C@@H](OCCOc5cc(-c6oc7cc(OS(=O)(=O)[O-])cc(OCCCOc8cc(OS(=O)(=O)[O-])cc9oc(-c%10ccc(OS(=O)(=O)[O-])c(OS(=O)(=O)[O-])c%10)c(OS(=O)(=O)[O-])c(=O)c89)c7c(=O)c6OS(=O)(=O)[O-])ccc5OS(=O)(=O)[O-])CC[C@]4(C)[C@H]3CC[C@]12C.[Na+].[Na+].[Na+].[Na+].[Na+].[Na+].[Na+]. The Labute approximate surface area is 801 Å². The molecule has 50 heteroatoms. The molecular weight excluding hydrogens is 1710 g/mol. The Morgan fingerprint density at radius 2 is 0.893 bits per heavy atom. The molecule has 4 aromatic carbocycles. The van der Waals surface area contributed by atoms with Crippen LogP contribution in [-0.4, -0.2) is 123 Å². The fraction of sp³-hybridized carbons (Fsp3) is 0.484. The first-order valence-electron chi connectivity index (χ1n) is 32.0. The third-order valence-corrected chi connectivity index (χ3v) is 22.0. The van der Waals surface area contributed by atoms with Crippen LogP contribution in [0.15, 0.2) is 90.7 Å². The molecule has 36 nitrogen and oxygen atoms in total. The van der Waals surface area contributed by atoms with E-state index in [4.69, 9.17) is 27.8 Å². The number of fused-ring (bicyclic) bond motifs is 7. The molecule has 0 amide bonds. The summed E-state index contributed by atoms with van der Waals surface area (Å²) in [6, 6.07) is 5.94. The molecule has 2 heterocycles. The first-order valence-corrected chi connectivity index (χ1v) is 41.3. The normalized spacial score (nSPS) is 20.5. The Morgan fingerprint density at radius 1 is 0.455 bits per heavy atom. The number of rotatable bonds is 32. The Bertz CT molecular complexity index is 5400. The van der Waals surface area contributed by atoms with E-state index >= 15 is 0 Å². The first kappa shape index (κ1) is 106. The van der Waals surface area contributed by atoms with Crippen molar-refractivity contribution in [2.75, 3.05) is 26.4 Å². The molecule has 10 rings (SSSR count). The van der Waals surface area contributed by atoms with E-state index in [9.17, 15) is 100 Å². The zero-order valence-corrected chi connectivity index (χ0v) is 82.5. The number of hydrogen-bond donors (Lipinski definition) is 0. The summed E-state index contributed by atoms with van der Waals surface area (Å²) in [4.78, 5) is 28.8. The molecule has 6 aromatic rings. The first-order chi connectivity index (χ1) is 48.6. The summed E-state index contributed by atoms with van der Waals surface area (Å²) >= 11 is 0. The maximum atomic E-state index is 14.6. The largest absolute Gasteiger partial charge is 1.00 e. The molecule has 112 heavy (non-hydrogen) atoms. The maximum Gasteiger partial charge on any atom is 1.00 e. The van der Waals surface area contributed by atoms with Gasteiger partial charge >= 0.3 is 207 Å². The number of allylic oxidation sites excluding steroid dienone is 1. The minimum absolute atomic E-state index is 0. The van der Waals surface area contributed by atoms with E-state index < -0.39 is 205 Å². The van der Waals surface area contributed by atoms with E-state index in [1.165, 1.54) is 44.1 Å². The van der Waals surface area contributed by atoms with Gasteiger partial charge in [-0.05, 0) is 134 Å². The van der Waals surface area contributed by atoms with Crippen molar-refractivity contribution in [3.8, 4) is 80.1 Å². The average molecular weight is 1770 g/mol. The number of hydrogen-bond acceptors (Lipinski definition) is 36. The van der Waals surface area contributed by atoms with E-state index in [1.807, 2.05) is 0 Å². The third-order valence-electron chi connectivity index (χ3n) is 19.3. The van der Waals surface area contributed by atoms with Crippen molar-refractivity contribution in [2.45, 2.75) is 118 Å². The summed E-state index contributed by atoms with van der Waals surface area (Å²) in [5.41, 5.74) is -4.93. The monoisotopic (exact) mass is 1770 g/mol. The van der Waals surface area contributed by atoms with Crippen LogP contribution in [0.2, 0.25) is 0 Å². The molecule has 0 unspecified atom stereocenters. The third kappa shape index (κ3) is 27.7. The second kappa shape index (κ2) is 42.0. The molecule has 4 aliphatic carbocycles. The molecule has 0 aliphatic heterocycles. The smallest absolute Gasteiger partial charge is 0.716 e. The van der Waals surface area contributed by atoms with Gasteiger partial charge in [-0.25, -0.2) is 58.9 Å². The van der Waals surface area contributed by atoms with E-state index in [1.54, 1.807) is 0 Å². The van der Waals surface area contributed by atoms with Crippen LogP contribution in [-0.2, 0) is 77.5 Å². The van der Waals surface area contributed by atoms with Crippen LogP contribution >= 0.6 is 0 Å². The van der Waals surface area contributed by atoms with Crippen LogP contribution < -0.4 is 261 Å². The van der Waals surface area contributed by atoms with Gasteiger partial charge in [-0.2, -0.15) is 0 Å². The van der Waals surface area contributed by atoms with Gasteiger partial charge in [-0.1, -0.05) is 65.5 Å². The minimum atomic E-state index is -6.07. The molecule has 2 aromatic heterocycles. The molecule has 578 valence electrons. The molecule has 0 spiro atoms. The van der Waals surface area contributed by atoms with Gasteiger partial charge < -0.3 is 88.9 Å². The zero-order valence-electron chi connectivity index (χ0n) is 62.8. The minimum Gasteiger partial charge on any atom is -0.716 e. The van der Waals surface area contributed by atoms with Crippen molar-refractivity contribution in [1.82, 2.24) is 0 Å². The van der Waals surface area contributed by atoms with Gasteiger partial charge in [0.05, 0.1) is 25.9 Å². The van der Waals surface area contributed by atoms with Gasteiger partial charge in [0, 0.05) is 41.8 Å². The Balaban J connectivity index is 0.00000464.